The van der Waals surface area contributed by atoms with Crippen molar-refractivity contribution in [1.82, 2.24) is 0 Å². The molecule has 0 aliphatic heterocycles. The first-order valence-corrected chi connectivity index (χ1v) is 5.37. The van der Waals surface area contributed by atoms with E-state index in [0.29, 0.717) is 25.3 Å². The van der Waals surface area contributed by atoms with Gasteiger partial charge < -0.3 is 4.74 Å². The predicted octanol–water partition coefficient (Wildman–Crippen LogP) is 2.83. The van der Waals surface area contributed by atoms with Gasteiger partial charge in [0.05, 0.1) is 12.7 Å². The Labute approximate surface area is 101 Å². The van der Waals surface area contributed by atoms with E-state index in [1.54, 1.807) is 0 Å². The number of hydrogen-bond acceptors (Lipinski definition) is 3. The molecular weight excluding hydrogens is 247 g/mol. The summed E-state index contributed by atoms with van der Waals surface area (Å²) in [7, 11) is 1.15. The number of aliphatic imine (C=N–C) groups is 1. The van der Waals surface area contributed by atoms with Crippen LogP contribution in [0.1, 0.15) is 24.8 Å². The van der Waals surface area contributed by atoms with Crippen LogP contribution in [0.4, 0.5) is 13.2 Å². The SMILES string of the molecule is COc1c(F)cc(F)c(F)c1C1(N=C=O)CCC1. The van der Waals surface area contributed by atoms with Crippen LogP contribution in [-0.2, 0) is 10.3 Å². The fourth-order valence-electron chi connectivity index (χ4n) is 2.21. The Bertz CT molecular complexity index is 535. The van der Waals surface area contributed by atoms with Crippen LogP contribution >= 0.6 is 0 Å². The zero-order chi connectivity index (χ0) is 13.3. The average molecular weight is 257 g/mol. The van der Waals surface area contributed by atoms with Crippen LogP contribution in [0.25, 0.3) is 0 Å². The van der Waals surface area contributed by atoms with Gasteiger partial charge in [-0.3, -0.25) is 0 Å². The summed E-state index contributed by atoms with van der Waals surface area (Å²) >= 11 is 0. The quantitative estimate of drug-likeness (QED) is 0.474. The molecule has 0 heterocycles. The molecule has 0 amide bonds. The van der Waals surface area contributed by atoms with Crippen LogP contribution in [0.2, 0.25) is 0 Å². The van der Waals surface area contributed by atoms with Crippen molar-refractivity contribution in [1.29, 1.82) is 0 Å². The number of hydrogen-bond donors (Lipinski definition) is 0. The fourth-order valence-corrected chi connectivity index (χ4v) is 2.21. The van der Waals surface area contributed by atoms with Crippen LogP contribution in [0.3, 0.4) is 0 Å². The van der Waals surface area contributed by atoms with Crippen LogP contribution in [-0.4, -0.2) is 13.2 Å². The summed E-state index contributed by atoms with van der Waals surface area (Å²) in [6.07, 6.45) is 2.68. The lowest BCUT2D eigenvalue weighted by atomic mass is 9.71. The van der Waals surface area contributed by atoms with Gasteiger partial charge >= 0.3 is 0 Å². The van der Waals surface area contributed by atoms with Crippen molar-refractivity contribution >= 4 is 6.08 Å². The minimum absolute atomic E-state index is 0.332. The molecular formula is C12H10F3NO2. The summed E-state index contributed by atoms with van der Waals surface area (Å²) in [6.45, 7) is 0. The molecule has 1 aliphatic carbocycles. The van der Waals surface area contributed by atoms with E-state index in [1.807, 2.05) is 0 Å². The van der Waals surface area contributed by atoms with Crippen molar-refractivity contribution in [3.8, 4) is 5.75 Å². The Kier molecular flexibility index (Phi) is 3.13. The highest BCUT2D eigenvalue weighted by Gasteiger charge is 2.45. The third-order valence-corrected chi connectivity index (χ3v) is 3.24. The number of carbonyl (C=O) groups excluding carboxylic acids is 1. The number of ether oxygens (including phenoxy) is 1. The van der Waals surface area contributed by atoms with Crippen molar-refractivity contribution in [2.75, 3.05) is 7.11 Å². The van der Waals surface area contributed by atoms with Gasteiger partial charge in [0.1, 0.15) is 5.54 Å². The fraction of sp³-hybridized carbons (Fsp3) is 0.417. The van der Waals surface area contributed by atoms with Gasteiger partial charge in [0, 0.05) is 6.07 Å². The predicted molar refractivity (Wildman–Crippen MR) is 56.5 cm³/mol. The van der Waals surface area contributed by atoms with Gasteiger partial charge in [-0.15, -0.1) is 0 Å². The van der Waals surface area contributed by atoms with Crippen LogP contribution in [0.5, 0.6) is 5.75 Å². The second kappa shape index (κ2) is 4.46. The number of halogens is 3. The standard InChI is InChI=1S/C12H10F3NO2/c1-18-11-8(14)5-7(13)10(15)9(11)12(16-6-17)3-2-4-12/h5H,2-4H2,1H3. The molecule has 96 valence electrons. The average Bonchev–Trinajstić information content (AvgIpc) is 2.28. The molecule has 0 unspecified atom stereocenters. The maximum Gasteiger partial charge on any atom is 0.235 e. The van der Waals surface area contributed by atoms with E-state index in [4.69, 9.17) is 4.74 Å². The molecule has 0 aromatic heterocycles. The molecule has 0 radical (unpaired) electrons. The van der Waals surface area contributed by atoms with Crippen molar-refractivity contribution in [2.24, 2.45) is 4.99 Å². The van der Waals surface area contributed by atoms with Gasteiger partial charge in [-0.05, 0) is 19.3 Å². The largest absolute Gasteiger partial charge is 0.493 e. The number of benzene rings is 1. The van der Waals surface area contributed by atoms with Gasteiger partial charge in [-0.1, -0.05) is 0 Å². The first kappa shape index (κ1) is 12.6. The Morgan fingerprint density at radius 1 is 1.33 bits per heavy atom. The summed E-state index contributed by atoms with van der Waals surface area (Å²) in [4.78, 5) is 13.9. The van der Waals surface area contributed by atoms with E-state index >= 15 is 0 Å². The molecule has 0 atom stereocenters. The van der Waals surface area contributed by atoms with E-state index in [0.717, 1.165) is 7.11 Å². The number of methoxy groups -OCH3 is 1. The van der Waals surface area contributed by atoms with Crippen molar-refractivity contribution in [2.45, 2.75) is 24.8 Å². The molecule has 1 saturated carbocycles. The first-order valence-electron chi connectivity index (χ1n) is 5.37. The van der Waals surface area contributed by atoms with Crippen LogP contribution in [0, 0.1) is 17.5 Å². The van der Waals surface area contributed by atoms with Crippen molar-refractivity contribution < 1.29 is 22.7 Å². The van der Waals surface area contributed by atoms with E-state index < -0.39 is 28.7 Å². The topological polar surface area (TPSA) is 38.7 Å². The summed E-state index contributed by atoms with van der Waals surface area (Å²) in [6, 6.07) is 0.411. The van der Waals surface area contributed by atoms with Gasteiger partial charge in [-0.25, -0.2) is 18.0 Å². The second-order valence-corrected chi connectivity index (χ2v) is 4.15. The Hall–Kier alpha value is -1.81. The highest BCUT2D eigenvalue weighted by atomic mass is 19.2. The number of nitrogens with zero attached hydrogens (tertiary/aromatic N) is 1. The minimum atomic E-state index is -1.32. The molecule has 0 saturated heterocycles. The lowest BCUT2D eigenvalue weighted by Gasteiger charge is -2.38. The molecule has 1 aromatic rings. The molecule has 1 fully saturated rings. The van der Waals surface area contributed by atoms with Gasteiger partial charge in [0.15, 0.2) is 23.2 Å². The molecule has 6 heteroatoms. The lowest BCUT2D eigenvalue weighted by Crippen LogP contribution is -2.34. The third kappa shape index (κ3) is 1.69. The smallest absolute Gasteiger partial charge is 0.235 e. The maximum absolute atomic E-state index is 13.9. The van der Waals surface area contributed by atoms with E-state index in [1.165, 1.54) is 6.08 Å². The zero-order valence-corrected chi connectivity index (χ0v) is 9.60. The van der Waals surface area contributed by atoms with Crippen molar-refractivity contribution in [3.05, 3.63) is 29.1 Å². The molecule has 1 aliphatic rings. The summed E-state index contributed by atoms with van der Waals surface area (Å²) < 4.78 is 45.5. The van der Waals surface area contributed by atoms with E-state index in [2.05, 4.69) is 4.99 Å². The highest BCUT2D eigenvalue weighted by molar-refractivity contribution is 5.47. The minimum Gasteiger partial charge on any atom is -0.493 e. The molecule has 0 spiro atoms. The van der Waals surface area contributed by atoms with E-state index in [9.17, 15) is 18.0 Å². The molecule has 3 nitrogen and oxygen atoms in total. The first-order chi connectivity index (χ1) is 8.55. The molecule has 0 bridgehead atoms. The Morgan fingerprint density at radius 2 is 2.00 bits per heavy atom. The maximum atomic E-state index is 13.9. The Balaban J connectivity index is 2.72. The second-order valence-electron chi connectivity index (χ2n) is 4.15. The van der Waals surface area contributed by atoms with Crippen LogP contribution < -0.4 is 4.74 Å². The monoisotopic (exact) mass is 257 g/mol. The number of isocyanates is 1. The van der Waals surface area contributed by atoms with E-state index in [-0.39, 0.29) is 5.56 Å². The Morgan fingerprint density at radius 3 is 2.44 bits per heavy atom. The normalized spacial score (nSPS) is 16.7. The highest BCUT2D eigenvalue weighted by Crippen LogP contribution is 2.50. The molecule has 0 N–H and O–H groups in total. The summed E-state index contributed by atoms with van der Waals surface area (Å²) in [5.41, 5.74) is -1.59. The van der Waals surface area contributed by atoms with Gasteiger partial charge in [0.2, 0.25) is 6.08 Å². The third-order valence-electron chi connectivity index (χ3n) is 3.24. The molecule has 2 rings (SSSR count). The van der Waals surface area contributed by atoms with Crippen molar-refractivity contribution in [3.63, 3.8) is 0 Å². The number of rotatable bonds is 3. The summed E-state index contributed by atoms with van der Waals surface area (Å²) in [5, 5.41) is 0. The van der Waals surface area contributed by atoms with Gasteiger partial charge in [0.25, 0.3) is 0 Å². The summed E-state index contributed by atoms with van der Waals surface area (Å²) in [5.74, 6) is -3.98. The van der Waals surface area contributed by atoms with Crippen LogP contribution in [0.15, 0.2) is 11.1 Å². The molecule has 1 aromatic carbocycles. The zero-order valence-electron chi connectivity index (χ0n) is 9.60. The lowest BCUT2D eigenvalue weighted by molar-refractivity contribution is 0.230. The molecule has 18 heavy (non-hydrogen) atoms. The van der Waals surface area contributed by atoms with Gasteiger partial charge in [-0.2, -0.15) is 4.99 Å².